The molecule has 0 unspecified atom stereocenters. The van der Waals surface area contributed by atoms with Gasteiger partial charge in [0, 0.05) is 38.8 Å². The Morgan fingerprint density at radius 2 is 1.64 bits per heavy atom. The van der Waals surface area contributed by atoms with Crippen molar-refractivity contribution in [3.63, 3.8) is 0 Å². The van der Waals surface area contributed by atoms with E-state index in [1.54, 1.807) is 18.3 Å². The molecule has 28 heavy (non-hydrogen) atoms. The van der Waals surface area contributed by atoms with Crippen LogP contribution in [0.4, 0.5) is 0 Å². The minimum absolute atomic E-state index is 0.0395. The number of rotatable bonds is 5. The number of carbonyl (C=O) groups is 1. The first-order valence-corrected chi connectivity index (χ1v) is 9.73. The number of carbonyl (C=O) groups excluding carboxylic acids is 1. The van der Waals surface area contributed by atoms with Crippen molar-refractivity contribution in [2.24, 2.45) is 0 Å². The summed E-state index contributed by atoms with van der Waals surface area (Å²) in [6, 6.07) is 18.3. The molecule has 1 amide bonds. The zero-order valence-corrected chi connectivity index (χ0v) is 15.9. The minimum atomic E-state index is 0.0395. The van der Waals surface area contributed by atoms with E-state index in [4.69, 9.17) is 0 Å². The van der Waals surface area contributed by atoms with Crippen LogP contribution in [-0.4, -0.2) is 58.4 Å². The monoisotopic (exact) mass is 372 g/mol. The number of nitrogens with zero attached hydrogens (tertiary/aromatic N) is 4. The lowest BCUT2D eigenvalue weighted by atomic mass is 10.1. The van der Waals surface area contributed by atoms with Crippen molar-refractivity contribution < 1.29 is 4.79 Å². The molecule has 0 atom stereocenters. The van der Waals surface area contributed by atoms with Gasteiger partial charge in [0.05, 0.1) is 22.9 Å². The number of aromatic nitrogens is 2. The van der Waals surface area contributed by atoms with Crippen molar-refractivity contribution in [1.82, 2.24) is 19.8 Å². The molecule has 1 aromatic heterocycles. The lowest BCUT2D eigenvalue weighted by Gasteiger charge is -2.34. The smallest absolute Gasteiger partial charge is 0.246 e. The molecule has 2 heterocycles. The fourth-order valence-corrected chi connectivity index (χ4v) is 3.44. The maximum absolute atomic E-state index is 12.5. The van der Waals surface area contributed by atoms with E-state index in [1.807, 2.05) is 35.2 Å². The first-order chi connectivity index (χ1) is 13.8. The van der Waals surface area contributed by atoms with E-state index < -0.39 is 0 Å². The van der Waals surface area contributed by atoms with Gasteiger partial charge < -0.3 is 4.90 Å². The second-order valence-electron chi connectivity index (χ2n) is 7.02. The average Bonchev–Trinajstić information content (AvgIpc) is 2.77. The van der Waals surface area contributed by atoms with Crippen molar-refractivity contribution in [3.8, 4) is 0 Å². The van der Waals surface area contributed by atoms with Gasteiger partial charge in [-0.3, -0.25) is 14.7 Å². The van der Waals surface area contributed by atoms with Gasteiger partial charge in [-0.2, -0.15) is 0 Å². The largest absolute Gasteiger partial charge is 0.337 e. The van der Waals surface area contributed by atoms with Crippen LogP contribution in [-0.2, 0) is 11.2 Å². The Balaban J connectivity index is 1.28. The predicted molar refractivity (Wildman–Crippen MR) is 112 cm³/mol. The summed E-state index contributed by atoms with van der Waals surface area (Å²) in [6.07, 6.45) is 6.12. The van der Waals surface area contributed by atoms with Crippen molar-refractivity contribution >= 4 is 23.0 Å². The van der Waals surface area contributed by atoms with Crippen LogP contribution >= 0.6 is 0 Å². The van der Waals surface area contributed by atoms with Crippen molar-refractivity contribution in [2.45, 2.75) is 6.42 Å². The van der Waals surface area contributed by atoms with Gasteiger partial charge in [-0.25, -0.2) is 4.98 Å². The van der Waals surface area contributed by atoms with Crippen molar-refractivity contribution in [1.29, 1.82) is 0 Å². The Hall–Kier alpha value is -3.05. The van der Waals surface area contributed by atoms with Gasteiger partial charge in [0.1, 0.15) is 0 Å². The molecule has 1 aliphatic heterocycles. The summed E-state index contributed by atoms with van der Waals surface area (Å²) in [5, 5.41) is 0. The van der Waals surface area contributed by atoms with E-state index in [0.29, 0.717) is 5.69 Å². The maximum atomic E-state index is 12.5. The predicted octanol–water partition coefficient (Wildman–Crippen LogP) is 3.03. The van der Waals surface area contributed by atoms with E-state index in [0.717, 1.165) is 50.2 Å². The number of piperazine rings is 1. The molecule has 1 aliphatic rings. The van der Waals surface area contributed by atoms with Gasteiger partial charge in [-0.05, 0) is 30.2 Å². The molecule has 0 saturated carbocycles. The highest BCUT2D eigenvalue weighted by Gasteiger charge is 2.19. The Morgan fingerprint density at radius 1 is 0.929 bits per heavy atom. The number of para-hydroxylation sites is 2. The second kappa shape index (κ2) is 8.76. The number of hydrogen-bond acceptors (Lipinski definition) is 4. The molecule has 3 aromatic rings. The summed E-state index contributed by atoms with van der Waals surface area (Å²) in [4.78, 5) is 25.7. The summed E-state index contributed by atoms with van der Waals surface area (Å²) in [7, 11) is 0. The first kappa shape index (κ1) is 18.3. The molecule has 1 fully saturated rings. The number of hydrogen-bond donors (Lipinski definition) is 0. The highest BCUT2D eigenvalue weighted by atomic mass is 16.2. The highest BCUT2D eigenvalue weighted by molar-refractivity contribution is 5.91. The van der Waals surface area contributed by atoms with Gasteiger partial charge in [-0.15, -0.1) is 0 Å². The Kier molecular flexibility index (Phi) is 5.73. The summed E-state index contributed by atoms with van der Waals surface area (Å²) in [6.45, 7) is 4.40. The third-order valence-corrected chi connectivity index (χ3v) is 5.11. The topological polar surface area (TPSA) is 49.3 Å². The molecule has 2 aromatic carbocycles. The van der Waals surface area contributed by atoms with E-state index in [-0.39, 0.29) is 5.91 Å². The van der Waals surface area contributed by atoms with Crippen LogP contribution in [0.3, 0.4) is 0 Å². The van der Waals surface area contributed by atoms with E-state index in [1.165, 1.54) is 5.56 Å². The lowest BCUT2D eigenvalue weighted by Crippen LogP contribution is -2.48. The quantitative estimate of drug-likeness (QED) is 0.646. The van der Waals surface area contributed by atoms with E-state index in [2.05, 4.69) is 39.1 Å². The average molecular weight is 372 g/mol. The maximum Gasteiger partial charge on any atom is 0.246 e. The molecular formula is C23H24N4O. The summed E-state index contributed by atoms with van der Waals surface area (Å²) in [5.74, 6) is 0.0395. The summed E-state index contributed by atoms with van der Waals surface area (Å²) in [5.41, 5.74) is 3.76. The number of amides is 1. The van der Waals surface area contributed by atoms with Crippen LogP contribution in [0.5, 0.6) is 0 Å². The molecule has 142 valence electrons. The van der Waals surface area contributed by atoms with Gasteiger partial charge in [0.2, 0.25) is 5.91 Å². The van der Waals surface area contributed by atoms with E-state index in [9.17, 15) is 4.79 Å². The normalized spacial score (nSPS) is 15.4. The van der Waals surface area contributed by atoms with Crippen LogP contribution in [0, 0.1) is 0 Å². The molecular weight excluding hydrogens is 348 g/mol. The SMILES string of the molecule is O=C(/C=C/c1cnc2ccccc2n1)N1CCN(CCc2ccccc2)CC1. The molecule has 1 saturated heterocycles. The third-order valence-electron chi connectivity index (χ3n) is 5.11. The minimum Gasteiger partial charge on any atom is -0.337 e. The molecule has 0 bridgehead atoms. The van der Waals surface area contributed by atoms with Gasteiger partial charge in [0.15, 0.2) is 0 Å². The van der Waals surface area contributed by atoms with Crippen LogP contribution in [0.1, 0.15) is 11.3 Å². The van der Waals surface area contributed by atoms with Gasteiger partial charge in [-0.1, -0.05) is 42.5 Å². The van der Waals surface area contributed by atoms with Crippen molar-refractivity contribution in [3.05, 3.63) is 78.1 Å². The molecule has 5 heteroatoms. The van der Waals surface area contributed by atoms with E-state index >= 15 is 0 Å². The Bertz CT molecular complexity index is 963. The Labute approximate surface area is 165 Å². The fraction of sp³-hybridized carbons (Fsp3) is 0.261. The molecule has 0 radical (unpaired) electrons. The fourth-order valence-electron chi connectivity index (χ4n) is 3.44. The molecule has 0 aliphatic carbocycles. The van der Waals surface area contributed by atoms with Crippen LogP contribution in [0.15, 0.2) is 66.9 Å². The second-order valence-corrected chi connectivity index (χ2v) is 7.02. The highest BCUT2D eigenvalue weighted by Crippen LogP contribution is 2.10. The van der Waals surface area contributed by atoms with Crippen LogP contribution in [0.25, 0.3) is 17.1 Å². The first-order valence-electron chi connectivity index (χ1n) is 9.73. The molecule has 0 spiro atoms. The van der Waals surface area contributed by atoms with Crippen LogP contribution in [0.2, 0.25) is 0 Å². The summed E-state index contributed by atoms with van der Waals surface area (Å²) < 4.78 is 0. The summed E-state index contributed by atoms with van der Waals surface area (Å²) >= 11 is 0. The number of fused-ring (bicyclic) bond motifs is 1. The number of benzene rings is 2. The van der Waals surface area contributed by atoms with Crippen LogP contribution < -0.4 is 0 Å². The van der Waals surface area contributed by atoms with Crippen molar-refractivity contribution in [2.75, 3.05) is 32.7 Å². The zero-order chi connectivity index (χ0) is 19.2. The van der Waals surface area contributed by atoms with Gasteiger partial charge in [0.25, 0.3) is 0 Å². The zero-order valence-electron chi connectivity index (χ0n) is 15.9. The standard InChI is InChI=1S/C23H24N4O/c28-23(11-10-20-18-24-21-8-4-5-9-22(21)25-20)27-16-14-26(15-17-27)13-12-19-6-2-1-3-7-19/h1-11,18H,12-17H2/b11-10+. The molecule has 0 N–H and O–H groups in total. The van der Waals surface area contributed by atoms with Gasteiger partial charge >= 0.3 is 0 Å². The third kappa shape index (κ3) is 4.61. The lowest BCUT2D eigenvalue weighted by molar-refractivity contribution is -0.127. The molecule has 4 rings (SSSR count). The molecule has 5 nitrogen and oxygen atoms in total. The Morgan fingerprint density at radius 3 is 2.43 bits per heavy atom.